The van der Waals surface area contributed by atoms with Gasteiger partial charge in [0.05, 0.1) is 0 Å². The molecule has 0 aromatic heterocycles. The van der Waals surface area contributed by atoms with Gasteiger partial charge in [-0.15, -0.1) is 11.6 Å². The lowest BCUT2D eigenvalue weighted by molar-refractivity contribution is -0.117. The van der Waals surface area contributed by atoms with Crippen LogP contribution in [0.15, 0.2) is 36.0 Å². The summed E-state index contributed by atoms with van der Waals surface area (Å²) in [5.41, 5.74) is 2.02. The summed E-state index contributed by atoms with van der Waals surface area (Å²) in [7, 11) is 2.13. The molecular weight excluding hydrogens is 326 g/mol. The van der Waals surface area contributed by atoms with E-state index < -0.39 is 5.91 Å². The van der Waals surface area contributed by atoms with E-state index in [1.165, 1.54) is 11.9 Å². The van der Waals surface area contributed by atoms with Crippen LogP contribution in [0.3, 0.4) is 0 Å². The number of nitrogens with one attached hydrogen (secondary N) is 2. The van der Waals surface area contributed by atoms with Crippen LogP contribution < -0.4 is 15.5 Å². The molecule has 0 saturated carbocycles. The van der Waals surface area contributed by atoms with Gasteiger partial charge in [-0.05, 0) is 31.3 Å². The minimum Gasteiger partial charge on any atom is -0.369 e. The molecule has 1 aliphatic heterocycles. The predicted molar refractivity (Wildman–Crippen MR) is 97.2 cm³/mol. The maximum absolute atomic E-state index is 11.7. The van der Waals surface area contributed by atoms with Crippen LogP contribution in [0.4, 0.5) is 11.4 Å². The summed E-state index contributed by atoms with van der Waals surface area (Å²) in [4.78, 5) is 16.4. The van der Waals surface area contributed by atoms with Crippen molar-refractivity contribution in [3.8, 4) is 6.07 Å². The third-order valence-corrected chi connectivity index (χ3v) is 4.05. The molecule has 0 unspecified atom stereocenters. The van der Waals surface area contributed by atoms with Crippen molar-refractivity contribution >= 4 is 28.9 Å². The van der Waals surface area contributed by atoms with Gasteiger partial charge in [0.25, 0.3) is 5.91 Å². The summed E-state index contributed by atoms with van der Waals surface area (Å²) < 4.78 is 0. The number of amides is 1. The van der Waals surface area contributed by atoms with Crippen molar-refractivity contribution in [3.05, 3.63) is 36.0 Å². The molecule has 7 heteroatoms. The van der Waals surface area contributed by atoms with Crippen LogP contribution in [0.5, 0.6) is 0 Å². The Bertz CT molecular complexity index is 615. The Kier molecular flexibility index (Phi) is 6.91. The molecule has 1 saturated heterocycles. The number of nitrogens with zero attached hydrogens (tertiary/aromatic N) is 3. The van der Waals surface area contributed by atoms with Crippen LogP contribution in [0, 0.1) is 11.3 Å². The average molecular weight is 348 g/mol. The van der Waals surface area contributed by atoms with E-state index in [-0.39, 0.29) is 5.57 Å². The normalized spacial score (nSPS) is 15.7. The van der Waals surface area contributed by atoms with Crippen LogP contribution in [0.2, 0.25) is 0 Å². The number of alkyl halides is 1. The Morgan fingerprint density at radius 2 is 1.96 bits per heavy atom. The minimum atomic E-state index is -0.431. The molecule has 2 rings (SSSR count). The fourth-order valence-electron chi connectivity index (χ4n) is 2.39. The molecule has 0 radical (unpaired) electrons. The van der Waals surface area contributed by atoms with Gasteiger partial charge in [0.2, 0.25) is 0 Å². The fourth-order valence-corrected chi connectivity index (χ4v) is 2.49. The second-order valence-corrected chi connectivity index (χ2v) is 5.97. The highest BCUT2D eigenvalue weighted by Crippen LogP contribution is 2.19. The van der Waals surface area contributed by atoms with Gasteiger partial charge < -0.3 is 20.4 Å². The predicted octanol–water partition coefficient (Wildman–Crippen LogP) is 1.61. The zero-order valence-electron chi connectivity index (χ0n) is 13.8. The smallest absolute Gasteiger partial charge is 0.263 e. The zero-order valence-corrected chi connectivity index (χ0v) is 14.5. The molecule has 128 valence electrons. The number of likely N-dealkylation sites (N-methyl/N-ethyl adjacent to an activating group) is 1. The monoisotopic (exact) mass is 347 g/mol. The van der Waals surface area contributed by atoms with E-state index in [1.54, 1.807) is 0 Å². The topological polar surface area (TPSA) is 71.4 Å². The third-order valence-electron chi connectivity index (χ3n) is 3.86. The van der Waals surface area contributed by atoms with Gasteiger partial charge in [0, 0.05) is 56.2 Å². The molecule has 1 aromatic carbocycles. The molecule has 1 amide bonds. The van der Waals surface area contributed by atoms with Crippen molar-refractivity contribution in [1.82, 2.24) is 10.2 Å². The highest BCUT2D eigenvalue weighted by atomic mass is 35.5. The Morgan fingerprint density at radius 3 is 2.54 bits per heavy atom. The lowest BCUT2D eigenvalue weighted by atomic mass is 10.2. The van der Waals surface area contributed by atoms with Crippen molar-refractivity contribution in [2.75, 3.05) is 55.9 Å². The van der Waals surface area contributed by atoms with Gasteiger partial charge in [-0.3, -0.25) is 4.79 Å². The first-order valence-corrected chi connectivity index (χ1v) is 8.42. The number of carbonyl (C=O) groups excluding carboxylic acids is 1. The SMILES string of the molecule is CN1CCN(c2ccc(N/C=C(/C#N)C(=O)NCCCl)cc2)CC1. The molecule has 6 nitrogen and oxygen atoms in total. The van der Waals surface area contributed by atoms with E-state index in [2.05, 4.69) is 27.5 Å². The molecule has 0 aliphatic carbocycles. The Labute approximate surface area is 147 Å². The largest absolute Gasteiger partial charge is 0.369 e. The van der Waals surface area contributed by atoms with E-state index in [0.717, 1.165) is 31.9 Å². The molecule has 2 N–H and O–H groups in total. The number of piperazine rings is 1. The van der Waals surface area contributed by atoms with Crippen LogP contribution in [-0.2, 0) is 4.79 Å². The average Bonchev–Trinajstić information content (AvgIpc) is 2.61. The van der Waals surface area contributed by atoms with Crippen LogP contribution in [0.25, 0.3) is 0 Å². The fraction of sp³-hybridized carbons (Fsp3) is 0.412. The zero-order chi connectivity index (χ0) is 17.4. The maximum atomic E-state index is 11.7. The lowest BCUT2D eigenvalue weighted by Gasteiger charge is -2.34. The highest BCUT2D eigenvalue weighted by molar-refractivity contribution is 6.18. The van der Waals surface area contributed by atoms with Crippen molar-refractivity contribution in [1.29, 1.82) is 5.26 Å². The number of carbonyl (C=O) groups is 1. The maximum Gasteiger partial charge on any atom is 0.263 e. The molecular formula is C17H22ClN5O. The summed E-state index contributed by atoms with van der Waals surface area (Å²) in [6.45, 7) is 4.49. The number of hydrogen-bond acceptors (Lipinski definition) is 5. The molecule has 0 atom stereocenters. The van der Waals surface area contributed by atoms with Crippen molar-refractivity contribution < 1.29 is 4.79 Å². The molecule has 1 heterocycles. The summed E-state index contributed by atoms with van der Waals surface area (Å²) in [5.74, 6) is -0.120. The second kappa shape index (κ2) is 9.16. The van der Waals surface area contributed by atoms with E-state index >= 15 is 0 Å². The molecule has 0 bridgehead atoms. The van der Waals surface area contributed by atoms with Gasteiger partial charge in [-0.1, -0.05) is 0 Å². The molecule has 1 aromatic rings. The van der Waals surface area contributed by atoms with E-state index in [9.17, 15) is 4.79 Å². The highest BCUT2D eigenvalue weighted by Gasteiger charge is 2.14. The van der Waals surface area contributed by atoms with E-state index in [1.807, 2.05) is 30.3 Å². The van der Waals surface area contributed by atoms with Gasteiger partial charge in [-0.25, -0.2) is 0 Å². The summed E-state index contributed by atoms with van der Waals surface area (Å²) in [6, 6.07) is 9.84. The molecule has 0 spiro atoms. The summed E-state index contributed by atoms with van der Waals surface area (Å²) in [6.07, 6.45) is 1.41. The van der Waals surface area contributed by atoms with Crippen molar-refractivity contribution in [2.24, 2.45) is 0 Å². The number of hydrogen-bond donors (Lipinski definition) is 2. The summed E-state index contributed by atoms with van der Waals surface area (Å²) in [5, 5.41) is 14.6. The molecule has 1 fully saturated rings. The lowest BCUT2D eigenvalue weighted by Crippen LogP contribution is -2.44. The standard InChI is InChI=1S/C17H22ClN5O/c1-22-8-10-23(11-9-22)16-4-2-15(3-5-16)21-13-14(12-19)17(24)20-7-6-18/h2-5,13,21H,6-11H2,1H3,(H,20,24)/b14-13-. The third kappa shape index (κ3) is 5.15. The van der Waals surface area contributed by atoms with Crippen LogP contribution in [0.1, 0.15) is 0 Å². The van der Waals surface area contributed by atoms with Crippen molar-refractivity contribution in [2.45, 2.75) is 0 Å². The molecule has 24 heavy (non-hydrogen) atoms. The first-order chi connectivity index (χ1) is 11.6. The molecule has 1 aliphatic rings. The Hall–Kier alpha value is -2.23. The Balaban J connectivity index is 1.94. The van der Waals surface area contributed by atoms with Gasteiger partial charge in [0.15, 0.2) is 0 Å². The van der Waals surface area contributed by atoms with Crippen molar-refractivity contribution in [3.63, 3.8) is 0 Å². The number of anilines is 2. The number of halogens is 1. The number of rotatable bonds is 6. The van der Waals surface area contributed by atoms with E-state index in [4.69, 9.17) is 16.9 Å². The Morgan fingerprint density at radius 1 is 1.29 bits per heavy atom. The minimum absolute atomic E-state index is 0.0169. The van der Waals surface area contributed by atoms with Gasteiger partial charge >= 0.3 is 0 Å². The van der Waals surface area contributed by atoms with Gasteiger partial charge in [-0.2, -0.15) is 5.26 Å². The van der Waals surface area contributed by atoms with Gasteiger partial charge in [0.1, 0.15) is 11.6 Å². The second-order valence-electron chi connectivity index (χ2n) is 5.60. The first-order valence-electron chi connectivity index (χ1n) is 7.88. The first kappa shape index (κ1) is 18.1. The number of benzene rings is 1. The number of nitriles is 1. The van der Waals surface area contributed by atoms with E-state index in [0.29, 0.717) is 12.4 Å². The van der Waals surface area contributed by atoms with Crippen LogP contribution >= 0.6 is 11.6 Å². The van der Waals surface area contributed by atoms with Crippen LogP contribution in [-0.4, -0.2) is 56.5 Å². The quantitative estimate of drug-likeness (QED) is 0.465. The summed E-state index contributed by atoms with van der Waals surface area (Å²) >= 11 is 5.51.